The number of pyridine rings is 1. The number of carbonyl (C=O) groups is 1. The van der Waals surface area contributed by atoms with Crippen LogP contribution < -0.4 is 5.32 Å². The molecular formula is C21H29N5O2. The van der Waals surface area contributed by atoms with E-state index in [1.165, 1.54) is 5.56 Å². The van der Waals surface area contributed by atoms with E-state index in [1.807, 2.05) is 37.8 Å². The minimum atomic E-state index is -0.466. The molecule has 0 spiro atoms. The number of rotatable bonds is 4. The van der Waals surface area contributed by atoms with Crippen LogP contribution in [0.5, 0.6) is 0 Å². The monoisotopic (exact) mass is 383 g/mol. The molecule has 7 nitrogen and oxygen atoms in total. The molecule has 2 aliphatic heterocycles. The van der Waals surface area contributed by atoms with E-state index in [2.05, 4.69) is 15.5 Å². The van der Waals surface area contributed by atoms with Crippen molar-refractivity contribution in [3.63, 3.8) is 0 Å². The average molecular weight is 383 g/mol. The van der Waals surface area contributed by atoms with Crippen molar-refractivity contribution >= 4 is 6.03 Å². The largest absolute Gasteiger partial charge is 0.337 e. The van der Waals surface area contributed by atoms with E-state index in [4.69, 9.17) is 9.51 Å². The predicted molar refractivity (Wildman–Crippen MR) is 105 cm³/mol. The predicted octanol–water partition coefficient (Wildman–Crippen LogP) is 3.46. The van der Waals surface area contributed by atoms with E-state index in [0.29, 0.717) is 24.1 Å². The van der Waals surface area contributed by atoms with Gasteiger partial charge in [0.25, 0.3) is 5.89 Å². The number of aryl methyl sites for hydroxylation is 2. The zero-order valence-corrected chi connectivity index (χ0v) is 16.9. The molecule has 3 aliphatic rings. The molecule has 3 fully saturated rings. The van der Waals surface area contributed by atoms with Gasteiger partial charge in [-0.15, -0.1) is 0 Å². The maximum absolute atomic E-state index is 13.0. The standard InChI is InChI=1S/C21H29N5O2/c1-20(2,3)24-19(27)26-14-16-6-10-21(26,11-7-16)18-23-17(25-28-18)5-4-15-8-12-22-13-9-15/h8-9,12-13,16H,4-7,10-11,14H2,1-3H3,(H,24,27)/t16-,21+. The van der Waals surface area contributed by atoms with Crippen molar-refractivity contribution in [1.82, 2.24) is 25.3 Å². The van der Waals surface area contributed by atoms with Crippen LogP contribution in [-0.4, -0.2) is 38.1 Å². The molecule has 2 bridgehead atoms. The summed E-state index contributed by atoms with van der Waals surface area (Å²) >= 11 is 0. The Morgan fingerprint density at radius 1 is 1.25 bits per heavy atom. The number of urea groups is 1. The number of hydrogen-bond acceptors (Lipinski definition) is 5. The van der Waals surface area contributed by atoms with Gasteiger partial charge in [0.1, 0.15) is 5.54 Å². The van der Waals surface area contributed by atoms with Crippen LogP contribution in [0.4, 0.5) is 4.79 Å². The first kappa shape index (κ1) is 18.9. The molecule has 0 aromatic carbocycles. The summed E-state index contributed by atoms with van der Waals surface area (Å²) in [4.78, 5) is 23.8. The Kier molecular flexibility index (Phi) is 4.85. The van der Waals surface area contributed by atoms with Crippen molar-refractivity contribution in [3.8, 4) is 0 Å². The van der Waals surface area contributed by atoms with Gasteiger partial charge in [0, 0.05) is 30.9 Å². The van der Waals surface area contributed by atoms with Gasteiger partial charge in [-0.2, -0.15) is 4.98 Å². The quantitative estimate of drug-likeness (QED) is 0.874. The number of nitrogens with zero attached hydrogens (tertiary/aromatic N) is 4. The molecule has 1 saturated carbocycles. The Morgan fingerprint density at radius 3 is 2.64 bits per heavy atom. The van der Waals surface area contributed by atoms with Crippen molar-refractivity contribution in [1.29, 1.82) is 0 Å². The van der Waals surface area contributed by atoms with Crippen LogP contribution >= 0.6 is 0 Å². The number of amides is 2. The number of carbonyl (C=O) groups excluding carboxylic acids is 1. The Morgan fingerprint density at radius 2 is 1.96 bits per heavy atom. The van der Waals surface area contributed by atoms with Crippen LogP contribution in [0.25, 0.3) is 0 Å². The lowest BCUT2D eigenvalue weighted by Gasteiger charge is -2.52. The number of nitrogens with one attached hydrogen (secondary N) is 1. The van der Waals surface area contributed by atoms with Gasteiger partial charge in [-0.1, -0.05) is 5.16 Å². The molecule has 0 atom stereocenters. The molecule has 0 unspecified atom stereocenters. The summed E-state index contributed by atoms with van der Waals surface area (Å²) < 4.78 is 5.73. The Hall–Kier alpha value is -2.44. The molecule has 1 aliphatic carbocycles. The highest BCUT2D eigenvalue weighted by Crippen LogP contribution is 2.49. The zero-order valence-electron chi connectivity index (χ0n) is 16.9. The lowest BCUT2D eigenvalue weighted by molar-refractivity contribution is -0.0285. The molecule has 28 heavy (non-hydrogen) atoms. The van der Waals surface area contributed by atoms with Gasteiger partial charge in [-0.05, 0) is 76.5 Å². The van der Waals surface area contributed by atoms with Gasteiger partial charge in [0.2, 0.25) is 0 Å². The lowest BCUT2D eigenvalue weighted by atomic mass is 9.70. The molecule has 5 rings (SSSR count). The lowest BCUT2D eigenvalue weighted by Crippen LogP contribution is -2.62. The second-order valence-electron chi connectivity index (χ2n) is 9.14. The number of hydrogen-bond donors (Lipinski definition) is 1. The van der Waals surface area contributed by atoms with E-state index in [9.17, 15) is 4.79 Å². The van der Waals surface area contributed by atoms with E-state index in [-0.39, 0.29) is 11.6 Å². The highest BCUT2D eigenvalue weighted by molar-refractivity contribution is 5.76. The normalized spacial score (nSPS) is 24.4. The second kappa shape index (κ2) is 7.18. The minimum absolute atomic E-state index is 0.0339. The van der Waals surface area contributed by atoms with Crippen molar-refractivity contribution in [2.45, 2.75) is 70.4 Å². The van der Waals surface area contributed by atoms with Crippen LogP contribution in [0.1, 0.15) is 63.7 Å². The molecule has 2 aromatic rings. The molecule has 2 aromatic heterocycles. The van der Waals surface area contributed by atoms with Crippen molar-refractivity contribution in [2.75, 3.05) is 6.54 Å². The van der Waals surface area contributed by atoms with Gasteiger partial charge in [-0.25, -0.2) is 4.79 Å². The van der Waals surface area contributed by atoms with Crippen molar-refractivity contribution < 1.29 is 9.32 Å². The minimum Gasteiger partial charge on any atom is -0.337 e. The van der Waals surface area contributed by atoms with Gasteiger partial charge >= 0.3 is 6.03 Å². The smallest absolute Gasteiger partial charge is 0.318 e. The second-order valence-corrected chi connectivity index (χ2v) is 9.14. The number of aromatic nitrogens is 3. The van der Waals surface area contributed by atoms with Gasteiger partial charge in [0.15, 0.2) is 5.82 Å². The fourth-order valence-electron chi connectivity index (χ4n) is 4.39. The molecule has 4 heterocycles. The maximum atomic E-state index is 13.0. The van der Waals surface area contributed by atoms with Crippen molar-refractivity contribution in [2.24, 2.45) is 5.92 Å². The van der Waals surface area contributed by atoms with Gasteiger partial charge in [-0.3, -0.25) is 4.98 Å². The first-order chi connectivity index (χ1) is 13.4. The van der Waals surface area contributed by atoms with E-state index in [1.54, 1.807) is 12.4 Å². The van der Waals surface area contributed by atoms with E-state index >= 15 is 0 Å². The van der Waals surface area contributed by atoms with Crippen LogP contribution in [0, 0.1) is 5.92 Å². The highest BCUT2D eigenvalue weighted by atomic mass is 16.5. The number of piperidine rings is 2. The third-order valence-electron chi connectivity index (χ3n) is 5.87. The first-order valence-corrected chi connectivity index (χ1v) is 10.2. The molecule has 7 heteroatoms. The summed E-state index contributed by atoms with van der Waals surface area (Å²) in [6, 6.07) is 3.97. The molecule has 2 amide bonds. The summed E-state index contributed by atoms with van der Waals surface area (Å²) in [5, 5.41) is 7.34. The maximum Gasteiger partial charge on any atom is 0.318 e. The molecule has 150 valence electrons. The fraction of sp³-hybridized carbons (Fsp3) is 0.619. The average Bonchev–Trinajstić information content (AvgIpc) is 3.16. The number of fused-ring (bicyclic) bond motifs is 3. The third-order valence-corrected chi connectivity index (χ3v) is 5.87. The summed E-state index contributed by atoms with van der Waals surface area (Å²) in [6.45, 7) is 6.77. The van der Waals surface area contributed by atoms with Gasteiger partial charge < -0.3 is 14.7 Å². The van der Waals surface area contributed by atoms with Gasteiger partial charge in [0.05, 0.1) is 0 Å². The van der Waals surface area contributed by atoms with Crippen LogP contribution in [-0.2, 0) is 18.4 Å². The van der Waals surface area contributed by atoms with E-state index < -0.39 is 5.54 Å². The van der Waals surface area contributed by atoms with Crippen LogP contribution in [0.15, 0.2) is 29.0 Å². The molecule has 0 radical (unpaired) electrons. The SMILES string of the molecule is CC(C)(C)NC(=O)N1C[C@H]2CC[C@]1(c1nc(CCc3ccncc3)no1)CC2. The Labute approximate surface area is 165 Å². The molecule has 2 saturated heterocycles. The summed E-state index contributed by atoms with van der Waals surface area (Å²) in [6.07, 6.45) is 9.12. The molecule has 1 N–H and O–H groups in total. The fourth-order valence-corrected chi connectivity index (χ4v) is 4.39. The zero-order chi connectivity index (χ0) is 19.8. The summed E-state index contributed by atoms with van der Waals surface area (Å²) in [5.41, 5.74) is 0.453. The Bertz CT molecular complexity index is 819. The summed E-state index contributed by atoms with van der Waals surface area (Å²) in [7, 11) is 0. The third kappa shape index (κ3) is 3.75. The highest BCUT2D eigenvalue weighted by Gasteiger charge is 2.53. The first-order valence-electron chi connectivity index (χ1n) is 10.2. The van der Waals surface area contributed by atoms with E-state index in [0.717, 1.165) is 38.6 Å². The van der Waals surface area contributed by atoms with Crippen LogP contribution in [0.3, 0.4) is 0 Å². The Balaban J connectivity index is 1.53. The van der Waals surface area contributed by atoms with Crippen LogP contribution in [0.2, 0.25) is 0 Å². The van der Waals surface area contributed by atoms with Crippen molar-refractivity contribution in [3.05, 3.63) is 41.8 Å². The summed E-state index contributed by atoms with van der Waals surface area (Å²) in [5.74, 6) is 1.87. The molecular weight excluding hydrogens is 354 g/mol. The topological polar surface area (TPSA) is 84.2 Å².